The Morgan fingerprint density at radius 3 is 2.12 bits per heavy atom. The third kappa shape index (κ3) is 2.99. The summed E-state index contributed by atoms with van der Waals surface area (Å²) in [6.45, 7) is 14.3. The van der Waals surface area contributed by atoms with Gasteiger partial charge in [-0.1, -0.05) is 24.3 Å². The van der Waals surface area contributed by atoms with Crippen LogP contribution in [-0.2, 0) is 9.31 Å². The maximum absolute atomic E-state index is 5.91. The van der Waals surface area contributed by atoms with E-state index >= 15 is 0 Å². The smallest absolute Gasteiger partial charge is 0.403 e. The summed E-state index contributed by atoms with van der Waals surface area (Å²) in [6, 6.07) is 0. The molecule has 0 aromatic rings. The van der Waals surface area contributed by atoms with Crippen molar-refractivity contribution in [2.24, 2.45) is 0 Å². The van der Waals surface area contributed by atoms with Gasteiger partial charge in [0.15, 0.2) is 0 Å². The monoisotopic (exact) mass is 222 g/mol. The summed E-state index contributed by atoms with van der Waals surface area (Å²) in [5.41, 5.74) is 0.677. The molecule has 0 spiro atoms. The standard InChI is InChI=1S/C13H23BO2/c1-7-8-11(2)9-10-14-15-12(3,4)13(5,6)16-14/h7-8H,2,9-10H2,1,3-6H3/b8-7-. The van der Waals surface area contributed by atoms with E-state index in [1.807, 2.05) is 19.1 Å². The van der Waals surface area contributed by atoms with Crippen LogP contribution in [0.4, 0.5) is 0 Å². The lowest BCUT2D eigenvalue weighted by molar-refractivity contribution is 0.00578. The summed E-state index contributed by atoms with van der Waals surface area (Å²) in [5.74, 6) is 0. The summed E-state index contributed by atoms with van der Waals surface area (Å²) < 4.78 is 11.8. The lowest BCUT2D eigenvalue weighted by Crippen LogP contribution is -2.41. The minimum Gasteiger partial charge on any atom is -0.403 e. The first-order chi connectivity index (χ1) is 7.28. The van der Waals surface area contributed by atoms with Gasteiger partial charge in [-0.2, -0.15) is 0 Å². The number of allylic oxidation sites excluding steroid dienone is 3. The first-order valence-corrected chi connectivity index (χ1v) is 5.94. The van der Waals surface area contributed by atoms with E-state index in [0.29, 0.717) is 0 Å². The van der Waals surface area contributed by atoms with Gasteiger partial charge >= 0.3 is 7.12 Å². The van der Waals surface area contributed by atoms with Crippen molar-refractivity contribution >= 4 is 7.12 Å². The lowest BCUT2D eigenvalue weighted by atomic mass is 9.81. The highest BCUT2D eigenvalue weighted by atomic mass is 16.7. The normalized spacial score (nSPS) is 22.9. The predicted octanol–water partition coefficient (Wildman–Crippen LogP) is 3.60. The Kier molecular flexibility index (Phi) is 4.03. The molecule has 0 aliphatic carbocycles. The average Bonchev–Trinajstić information content (AvgIpc) is 2.33. The molecule has 0 aromatic carbocycles. The summed E-state index contributed by atoms with van der Waals surface area (Å²) in [6.07, 6.45) is 5.83. The molecule has 1 aliphatic rings. The van der Waals surface area contributed by atoms with E-state index in [4.69, 9.17) is 9.31 Å². The van der Waals surface area contributed by atoms with Crippen molar-refractivity contribution in [2.75, 3.05) is 0 Å². The van der Waals surface area contributed by atoms with E-state index in [1.54, 1.807) is 0 Å². The molecule has 1 rings (SSSR count). The summed E-state index contributed by atoms with van der Waals surface area (Å²) in [7, 11) is -0.105. The molecule has 1 aliphatic heterocycles. The van der Waals surface area contributed by atoms with Gasteiger partial charge in [-0.05, 0) is 47.4 Å². The number of hydrogen-bond donors (Lipinski definition) is 0. The van der Waals surface area contributed by atoms with Gasteiger partial charge < -0.3 is 9.31 Å². The first kappa shape index (κ1) is 13.5. The van der Waals surface area contributed by atoms with Gasteiger partial charge in [0, 0.05) is 0 Å². The Hall–Kier alpha value is -0.535. The Morgan fingerprint density at radius 2 is 1.69 bits per heavy atom. The average molecular weight is 222 g/mol. The number of rotatable bonds is 4. The highest BCUT2D eigenvalue weighted by Crippen LogP contribution is 2.38. The van der Waals surface area contributed by atoms with Crippen LogP contribution in [0, 0.1) is 0 Å². The summed E-state index contributed by atoms with van der Waals surface area (Å²) >= 11 is 0. The van der Waals surface area contributed by atoms with Crippen LogP contribution in [0.5, 0.6) is 0 Å². The third-order valence-electron chi connectivity index (χ3n) is 3.41. The van der Waals surface area contributed by atoms with E-state index in [2.05, 4.69) is 34.3 Å². The molecule has 0 aromatic heterocycles. The van der Waals surface area contributed by atoms with Gasteiger partial charge in [0.25, 0.3) is 0 Å². The molecular formula is C13H23BO2. The van der Waals surface area contributed by atoms with Crippen molar-refractivity contribution in [3.8, 4) is 0 Å². The zero-order chi connectivity index (χ0) is 12.4. The van der Waals surface area contributed by atoms with Crippen molar-refractivity contribution < 1.29 is 9.31 Å². The van der Waals surface area contributed by atoms with Crippen LogP contribution in [0.1, 0.15) is 41.0 Å². The molecule has 16 heavy (non-hydrogen) atoms. The first-order valence-electron chi connectivity index (χ1n) is 5.94. The Bertz CT molecular complexity index is 276. The minimum absolute atomic E-state index is 0.105. The van der Waals surface area contributed by atoms with E-state index in [0.717, 1.165) is 18.3 Å². The van der Waals surface area contributed by atoms with Crippen LogP contribution in [0.25, 0.3) is 0 Å². The molecule has 0 saturated carbocycles. The molecule has 1 heterocycles. The highest BCUT2D eigenvalue weighted by Gasteiger charge is 2.50. The molecule has 2 nitrogen and oxygen atoms in total. The van der Waals surface area contributed by atoms with Crippen LogP contribution in [-0.4, -0.2) is 18.3 Å². The molecule has 0 bridgehead atoms. The van der Waals surface area contributed by atoms with Gasteiger partial charge in [0.2, 0.25) is 0 Å². The summed E-state index contributed by atoms with van der Waals surface area (Å²) in [5, 5.41) is 0. The van der Waals surface area contributed by atoms with Crippen molar-refractivity contribution in [2.45, 2.75) is 58.6 Å². The Balaban J connectivity index is 2.46. The fourth-order valence-electron chi connectivity index (χ4n) is 1.71. The second-order valence-corrected chi connectivity index (χ2v) is 5.38. The lowest BCUT2D eigenvalue weighted by Gasteiger charge is -2.32. The SMILES string of the molecule is C=C(/C=C\C)CCB1OC(C)(C)C(C)(C)O1. The Morgan fingerprint density at radius 1 is 1.19 bits per heavy atom. The van der Waals surface area contributed by atoms with Crippen molar-refractivity contribution in [1.29, 1.82) is 0 Å². The van der Waals surface area contributed by atoms with Gasteiger partial charge in [0.1, 0.15) is 0 Å². The van der Waals surface area contributed by atoms with E-state index in [-0.39, 0.29) is 18.3 Å². The van der Waals surface area contributed by atoms with Gasteiger partial charge in [-0.15, -0.1) is 0 Å². The quantitative estimate of drug-likeness (QED) is 0.534. The molecule has 90 valence electrons. The minimum atomic E-state index is -0.223. The number of hydrogen-bond acceptors (Lipinski definition) is 2. The third-order valence-corrected chi connectivity index (χ3v) is 3.41. The molecule has 0 amide bonds. The predicted molar refractivity (Wildman–Crippen MR) is 69.5 cm³/mol. The molecular weight excluding hydrogens is 199 g/mol. The van der Waals surface area contributed by atoms with Crippen molar-refractivity contribution in [1.82, 2.24) is 0 Å². The molecule has 1 saturated heterocycles. The second-order valence-electron chi connectivity index (χ2n) is 5.38. The van der Waals surface area contributed by atoms with Crippen molar-refractivity contribution in [3.05, 3.63) is 24.3 Å². The fourth-order valence-corrected chi connectivity index (χ4v) is 1.71. The molecule has 0 atom stereocenters. The van der Waals surface area contributed by atoms with E-state index < -0.39 is 0 Å². The van der Waals surface area contributed by atoms with Gasteiger partial charge in [0.05, 0.1) is 11.2 Å². The fraction of sp³-hybridized carbons (Fsp3) is 0.692. The summed E-state index contributed by atoms with van der Waals surface area (Å²) in [4.78, 5) is 0. The molecule has 0 radical (unpaired) electrons. The molecule has 0 unspecified atom stereocenters. The van der Waals surface area contributed by atoms with Gasteiger partial charge in [-0.25, -0.2) is 0 Å². The molecule has 0 N–H and O–H groups in total. The van der Waals surface area contributed by atoms with Crippen LogP contribution in [0.15, 0.2) is 24.3 Å². The largest absolute Gasteiger partial charge is 0.458 e. The van der Waals surface area contributed by atoms with Crippen LogP contribution >= 0.6 is 0 Å². The Labute approximate surface area is 99.9 Å². The van der Waals surface area contributed by atoms with Gasteiger partial charge in [-0.3, -0.25) is 0 Å². The maximum atomic E-state index is 5.91. The van der Waals surface area contributed by atoms with Crippen LogP contribution in [0.3, 0.4) is 0 Å². The topological polar surface area (TPSA) is 18.5 Å². The zero-order valence-corrected chi connectivity index (χ0v) is 11.2. The molecule has 3 heteroatoms. The maximum Gasteiger partial charge on any atom is 0.458 e. The van der Waals surface area contributed by atoms with Crippen LogP contribution < -0.4 is 0 Å². The van der Waals surface area contributed by atoms with Crippen LogP contribution in [0.2, 0.25) is 6.32 Å². The van der Waals surface area contributed by atoms with Crippen molar-refractivity contribution in [3.63, 3.8) is 0 Å². The highest BCUT2D eigenvalue weighted by molar-refractivity contribution is 6.45. The van der Waals surface area contributed by atoms with E-state index in [1.165, 1.54) is 0 Å². The second kappa shape index (κ2) is 4.76. The molecule has 1 fully saturated rings. The van der Waals surface area contributed by atoms with E-state index in [9.17, 15) is 0 Å². The zero-order valence-electron chi connectivity index (χ0n) is 11.2.